The van der Waals surface area contributed by atoms with Gasteiger partial charge in [0.15, 0.2) is 0 Å². The Hall–Kier alpha value is -2.39. The Morgan fingerprint density at radius 1 is 1.17 bits per heavy atom. The van der Waals surface area contributed by atoms with Crippen LogP contribution in [0.1, 0.15) is 62.8 Å². The average molecular weight is 590 g/mol. The van der Waals surface area contributed by atoms with E-state index >= 15 is 0 Å². The molecule has 0 fully saturated rings. The summed E-state index contributed by atoms with van der Waals surface area (Å²) in [7, 11) is 2.03. The fourth-order valence-corrected chi connectivity index (χ4v) is 4.68. The molecule has 2 N–H and O–H groups in total. The quantitative estimate of drug-likeness (QED) is 0.324. The van der Waals surface area contributed by atoms with Crippen molar-refractivity contribution in [2.24, 2.45) is 7.05 Å². The number of carbonyl (C=O) groups is 1. The summed E-state index contributed by atoms with van der Waals surface area (Å²) in [5.74, 6) is 1.66. The van der Waals surface area contributed by atoms with E-state index in [2.05, 4.69) is 83.7 Å². The van der Waals surface area contributed by atoms with Gasteiger partial charge in [0.05, 0.1) is 15.4 Å². The van der Waals surface area contributed by atoms with Crippen LogP contribution in [0.5, 0.6) is 5.75 Å². The van der Waals surface area contributed by atoms with Crippen LogP contribution in [0.2, 0.25) is 0 Å². The summed E-state index contributed by atoms with van der Waals surface area (Å²) in [5.41, 5.74) is 3.65. The van der Waals surface area contributed by atoms with Crippen LogP contribution in [0.15, 0.2) is 48.7 Å². The minimum Gasteiger partial charge on any atom is -0.490 e. The third-order valence-electron chi connectivity index (χ3n) is 5.65. The molecule has 0 radical (unpaired) electrons. The van der Waals surface area contributed by atoms with E-state index in [0.717, 1.165) is 32.0 Å². The fourth-order valence-electron chi connectivity index (χ4n) is 4.04. The molecule has 0 aliphatic carbocycles. The highest BCUT2D eigenvalue weighted by Gasteiger charge is 2.21. The Morgan fingerprint density at radius 2 is 1.86 bits per heavy atom. The molecule has 1 atom stereocenters. The standard InChI is InChI=1S/C28H36IN3O3/c1-18(2)35-25-12-11-21(16-23(25)29)26(34)30-22(13-14-33)15-19-7-9-20(10-8-19)24-17-32(6)27(31-24)28(3,4)5/h7-12,16-18,22,33H,13-15H2,1-6H3,(H,30,34)/t22-/m1/s1. The lowest BCUT2D eigenvalue weighted by Gasteiger charge is -2.19. The molecule has 1 amide bonds. The number of aliphatic hydroxyl groups excluding tert-OH is 1. The first-order valence-electron chi connectivity index (χ1n) is 12.0. The summed E-state index contributed by atoms with van der Waals surface area (Å²) in [5, 5.41) is 12.7. The molecule has 7 heteroatoms. The van der Waals surface area contributed by atoms with E-state index in [1.165, 1.54) is 0 Å². The zero-order valence-electron chi connectivity index (χ0n) is 21.4. The van der Waals surface area contributed by atoms with Gasteiger partial charge in [-0.1, -0.05) is 45.0 Å². The number of hydrogen-bond acceptors (Lipinski definition) is 4. The molecule has 0 unspecified atom stereocenters. The highest BCUT2D eigenvalue weighted by atomic mass is 127. The molecule has 1 heterocycles. The van der Waals surface area contributed by atoms with Crippen LogP contribution in [0.25, 0.3) is 11.3 Å². The molecule has 0 saturated heterocycles. The first-order valence-corrected chi connectivity index (χ1v) is 13.1. The number of halogens is 1. The first-order chi connectivity index (χ1) is 16.5. The van der Waals surface area contributed by atoms with Crippen molar-refractivity contribution in [2.45, 2.75) is 65.0 Å². The summed E-state index contributed by atoms with van der Waals surface area (Å²) < 4.78 is 8.74. The van der Waals surface area contributed by atoms with Gasteiger partial charge in [-0.05, 0) is 73.0 Å². The molecule has 0 aliphatic heterocycles. The zero-order valence-corrected chi connectivity index (χ0v) is 23.6. The first kappa shape index (κ1) is 27.2. The summed E-state index contributed by atoms with van der Waals surface area (Å²) in [4.78, 5) is 17.7. The van der Waals surface area contributed by atoms with Gasteiger partial charge in [-0.2, -0.15) is 0 Å². The second kappa shape index (κ2) is 11.6. The number of aliphatic hydroxyl groups is 1. The second-order valence-corrected chi connectivity index (χ2v) is 11.4. The smallest absolute Gasteiger partial charge is 0.251 e. The number of ether oxygens (including phenoxy) is 1. The van der Waals surface area contributed by atoms with Crippen molar-refractivity contribution in [3.8, 4) is 17.0 Å². The lowest BCUT2D eigenvalue weighted by molar-refractivity contribution is 0.0930. The minimum atomic E-state index is -0.176. The molecule has 188 valence electrons. The Bertz CT molecular complexity index is 1150. The molecule has 0 aliphatic rings. The van der Waals surface area contributed by atoms with Crippen molar-refractivity contribution in [1.29, 1.82) is 0 Å². The predicted molar refractivity (Wildman–Crippen MR) is 149 cm³/mol. The normalized spacial score (nSPS) is 12.6. The Balaban J connectivity index is 1.69. The maximum absolute atomic E-state index is 12.9. The number of nitrogens with zero attached hydrogens (tertiary/aromatic N) is 2. The number of carbonyl (C=O) groups excluding carboxylic acids is 1. The van der Waals surface area contributed by atoms with Gasteiger partial charge in [0.25, 0.3) is 5.91 Å². The molecule has 35 heavy (non-hydrogen) atoms. The molecule has 1 aromatic heterocycles. The zero-order chi connectivity index (χ0) is 25.8. The molecular formula is C28H36IN3O3. The summed E-state index contributed by atoms with van der Waals surface area (Å²) in [6.07, 6.45) is 3.24. The van der Waals surface area contributed by atoms with Gasteiger partial charge in [0.1, 0.15) is 11.6 Å². The van der Waals surface area contributed by atoms with Crippen molar-refractivity contribution >= 4 is 28.5 Å². The molecule has 2 aromatic carbocycles. The van der Waals surface area contributed by atoms with E-state index in [9.17, 15) is 9.90 Å². The van der Waals surface area contributed by atoms with E-state index in [0.29, 0.717) is 18.4 Å². The molecule has 3 aromatic rings. The van der Waals surface area contributed by atoms with Crippen LogP contribution in [0.4, 0.5) is 0 Å². The third kappa shape index (κ3) is 7.30. The maximum Gasteiger partial charge on any atom is 0.251 e. The largest absolute Gasteiger partial charge is 0.490 e. The third-order valence-corrected chi connectivity index (χ3v) is 6.49. The SMILES string of the molecule is CC(C)Oc1ccc(C(=O)N[C@H](CCO)Cc2ccc(-c3cn(C)c(C(C)(C)C)n3)cc2)cc1I. The van der Waals surface area contributed by atoms with Crippen LogP contribution in [0.3, 0.4) is 0 Å². The monoisotopic (exact) mass is 589 g/mol. The number of aromatic nitrogens is 2. The van der Waals surface area contributed by atoms with Gasteiger partial charge in [-0.25, -0.2) is 4.98 Å². The van der Waals surface area contributed by atoms with Crippen molar-refractivity contribution < 1.29 is 14.6 Å². The van der Waals surface area contributed by atoms with Crippen LogP contribution in [0, 0.1) is 3.57 Å². The highest BCUT2D eigenvalue weighted by molar-refractivity contribution is 14.1. The fraction of sp³-hybridized carbons (Fsp3) is 0.429. The van der Waals surface area contributed by atoms with Gasteiger partial charge in [0, 0.05) is 42.4 Å². The Labute approximate surface area is 222 Å². The Kier molecular flexibility index (Phi) is 8.99. The molecule has 0 bridgehead atoms. The van der Waals surface area contributed by atoms with Crippen molar-refractivity contribution in [3.63, 3.8) is 0 Å². The lowest BCUT2D eigenvalue weighted by atomic mass is 9.96. The predicted octanol–water partition coefficient (Wildman–Crippen LogP) is 5.50. The highest BCUT2D eigenvalue weighted by Crippen LogP contribution is 2.26. The van der Waals surface area contributed by atoms with Gasteiger partial charge in [-0.3, -0.25) is 4.79 Å². The van der Waals surface area contributed by atoms with Gasteiger partial charge >= 0.3 is 0 Å². The maximum atomic E-state index is 12.9. The van der Waals surface area contributed by atoms with E-state index < -0.39 is 0 Å². The molecule has 3 rings (SSSR count). The number of aryl methyl sites for hydroxylation is 1. The van der Waals surface area contributed by atoms with Gasteiger partial charge < -0.3 is 19.7 Å². The van der Waals surface area contributed by atoms with Crippen LogP contribution in [-0.2, 0) is 18.9 Å². The summed E-state index contributed by atoms with van der Waals surface area (Å²) in [6, 6.07) is 13.5. The minimum absolute atomic E-state index is 0.00520. The lowest BCUT2D eigenvalue weighted by Crippen LogP contribution is -2.37. The number of imidazole rings is 1. The number of hydrogen-bond donors (Lipinski definition) is 2. The summed E-state index contributed by atoms with van der Waals surface area (Å²) in [6.45, 7) is 10.4. The van der Waals surface area contributed by atoms with E-state index in [1.54, 1.807) is 6.07 Å². The number of nitrogens with one attached hydrogen (secondary N) is 1. The van der Waals surface area contributed by atoms with Crippen molar-refractivity contribution in [3.05, 3.63) is 69.2 Å². The topological polar surface area (TPSA) is 76.4 Å². The number of rotatable bonds is 9. The second-order valence-electron chi connectivity index (χ2n) is 10.2. The van der Waals surface area contributed by atoms with E-state index in [4.69, 9.17) is 9.72 Å². The van der Waals surface area contributed by atoms with Crippen molar-refractivity contribution in [2.75, 3.05) is 6.61 Å². The molecular weight excluding hydrogens is 553 g/mol. The van der Waals surface area contributed by atoms with Gasteiger partial charge in [-0.15, -0.1) is 0 Å². The molecule has 0 spiro atoms. The summed E-state index contributed by atoms with van der Waals surface area (Å²) >= 11 is 2.19. The van der Waals surface area contributed by atoms with Gasteiger partial charge in [0.2, 0.25) is 0 Å². The van der Waals surface area contributed by atoms with Crippen LogP contribution < -0.4 is 10.1 Å². The number of benzene rings is 2. The van der Waals surface area contributed by atoms with Crippen LogP contribution in [-0.4, -0.2) is 39.3 Å². The average Bonchev–Trinajstić information content (AvgIpc) is 3.17. The van der Waals surface area contributed by atoms with E-state index in [-0.39, 0.29) is 30.1 Å². The molecule has 0 saturated carbocycles. The number of amides is 1. The van der Waals surface area contributed by atoms with Crippen LogP contribution >= 0.6 is 22.6 Å². The van der Waals surface area contributed by atoms with Crippen molar-refractivity contribution in [1.82, 2.24) is 14.9 Å². The van der Waals surface area contributed by atoms with E-state index in [1.807, 2.05) is 33.0 Å². The Morgan fingerprint density at radius 3 is 2.40 bits per heavy atom. The molecule has 6 nitrogen and oxygen atoms in total.